The summed E-state index contributed by atoms with van der Waals surface area (Å²) in [6.07, 6.45) is 0.794. The van der Waals surface area contributed by atoms with Gasteiger partial charge >= 0.3 is 0 Å². The molecular weight excluding hydrogens is 320 g/mol. The van der Waals surface area contributed by atoms with Crippen molar-refractivity contribution in [2.75, 3.05) is 0 Å². The third-order valence-electron chi connectivity index (χ3n) is 2.98. The first-order valence-corrected chi connectivity index (χ1v) is 7.00. The van der Waals surface area contributed by atoms with E-state index in [1.165, 1.54) is 0 Å². The number of aliphatic hydroxyl groups excluding tert-OH is 1. The zero-order valence-corrected chi connectivity index (χ0v) is 12.7. The van der Waals surface area contributed by atoms with Crippen LogP contribution in [0.5, 0.6) is 5.75 Å². The van der Waals surface area contributed by atoms with Crippen molar-refractivity contribution in [2.24, 2.45) is 0 Å². The Balaban J connectivity index is 2.15. The van der Waals surface area contributed by atoms with E-state index in [-0.39, 0.29) is 6.61 Å². The van der Waals surface area contributed by atoms with Gasteiger partial charge in [0.1, 0.15) is 12.4 Å². The summed E-state index contributed by atoms with van der Waals surface area (Å²) in [5.41, 5.74) is 3.29. The van der Waals surface area contributed by atoms with E-state index in [9.17, 15) is 4.79 Å². The highest BCUT2D eigenvalue weighted by atomic mass is 79.9. The Kier molecular flexibility index (Phi) is 4.93. The number of aryl methyl sites for hydroxylation is 1. The molecule has 0 atom stereocenters. The summed E-state index contributed by atoms with van der Waals surface area (Å²) in [5, 5.41) is 8.99. The summed E-state index contributed by atoms with van der Waals surface area (Å²) in [6.45, 7) is 2.32. The van der Waals surface area contributed by atoms with Crippen LogP contribution in [0.1, 0.15) is 27.0 Å². The predicted octanol–water partition coefficient (Wildman–Crippen LogP) is 3.64. The van der Waals surface area contributed by atoms with Crippen LogP contribution >= 0.6 is 15.9 Å². The summed E-state index contributed by atoms with van der Waals surface area (Å²) in [4.78, 5) is 11.1. The SMILES string of the molecule is Cc1cc(Br)cc(C=O)c1OCc1ccc(CO)cc1. The number of aliphatic hydroxyl groups is 1. The Morgan fingerprint density at radius 2 is 1.85 bits per heavy atom. The van der Waals surface area contributed by atoms with E-state index >= 15 is 0 Å². The van der Waals surface area contributed by atoms with Crippen LogP contribution in [-0.2, 0) is 13.2 Å². The summed E-state index contributed by atoms with van der Waals surface area (Å²) >= 11 is 3.36. The molecule has 4 heteroatoms. The average molecular weight is 335 g/mol. The van der Waals surface area contributed by atoms with E-state index in [0.717, 1.165) is 27.4 Å². The van der Waals surface area contributed by atoms with Crippen LogP contribution < -0.4 is 4.74 Å². The largest absolute Gasteiger partial charge is 0.488 e. The van der Waals surface area contributed by atoms with E-state index in [1.807, 2.05) is 37.3 Å². The summed E-state index contributed by atoms with van der Waals surface area (Å²) in [7, 11) is 0. The maximum atomic E-state index is 11.1. The third kappa shape index (κ3) is 3.46. The number of aldehydes is 1. The van der Waals surface area contributed by atoms with Crippen LogP contribution in [0.25, 0.3) is 0 Å². The van der Waals surface area contributed by atoms with Crippen LogP contribution in [0.3, 0.4) is 0 Å². The zero-order valence-electron chi connectivity index (χ0n) is 11.1. The third-order valence-corrected chi connectivity index (χ3v) is 3.44. The van der Waals surface area contributed by atoms with Crippen LogP contribution in [0.15, 0.2) is 40.9 Å². The van der Waals surface area contributed by atoms with Gasteiger partial charge in [-0.2, -0.15) is 0 Å². The van der Waals surface area contributed by atoms with E-state index in [1.54, 1.807) is 6.07 Å². The molecule has 0 fully saturated rings. The number of halogens is 1. The van der Waals surface area contributed by atoms with Crippen molar-refractivity contribution in [3.05, 3.63) is 63.1 Å². The first-order valence-electron chi connectivity index (χ1n) is 6.21. The van der Waals surface area contributed by atoms with Crippen molar-refractivity contribution < 1.29 is 14.6 Å². The highest BCUT2D eigenvalue weighted by Gasteiger charge is 2.08. The molecule has 1 N–H and O–H groups in total. The molecule has 2 rings (SSSR count). The molecule has 0 radical (unpaired) electrons. The van der Waals surface area contributed by atoms with Crippen LogP contribution in [0.4, 0.5) is 0 Å². The molecule has 0 aliphatic carbocycles. The second-order valence-electron chi connectivity index (χ2n) is 4.52. The Bertz CT molecular complexity index is 606. The monoisotopic (exact) mass is 334 g/mol. The van der Waals surface area contributed by atoms with Crippen LogP contribution in [-0.4, -0.2) is 11.4 Å². The zero-order chi connectivity index (χ0) is 14.5. The minimum Gasteiger partial charge on any atom is -0.488 e. The molecule has 0 aliphatic rings. The van der Waals surface area contributed by atoms with Crippen molar-refractivity contribution in [3.8, 4) is 5.75 Å². The number of hydrogen-bond acceptors (Lipinski definition) is 3. The van der Waals surface area contributed by atoms with Gasteiger partial charge in [0.05, 0.1) is 12.2 Å². The molecule has 0 saturated heterocycles. The molecule has 0 unspecified atom stereocenters. The molecule has 3 nitrogen and oxygen atoms in total. The fraction of sp³-hybridized carbons (Fsp3) is 0.188. The van der Waals surface area contributed by atoms with Crippen molar-refractivity contribution in [3.63, 3.8) is 0 Å². The second-order valence-corrected chi connectivity index (χ2v) is 5.44. The van der Waals surface area contributed by atoms with Gasteiger partial charge in [-0.05, 0) is 35.7 Å². The molecule has 0 spiro atoms. The molecule has 0 aromatic heterocycles. The smallest absolute Gasteiger partial charge is 0.153 e. The van der Waals surface area contributed by atoms with E-state index in [2.05, 4.69) is 15.9 Å². The standard InChI is InChI=1S/C16H15BrO3/c1-11-6-15(17)7-14(9-19)16(11)20-10-13-4-2-12(8-18)3-5-13/h2-7,9,18H,8,10H2,1H3. The Labute approximate surface area is 126 Å². The summed E-state index contributed by atoms with van der Waals surface area (Å²) in [5.74, 6) is 0.606. The van der Waals surface area contributed by atoms with E-state index in [0.29, 0.717) is 17.9 Å². The quantitative estimate of drug-likeness (QED) is 0.849. The lowest BCUT2D eigenvalue weighted by molar-refractivity contribution is 0.111. The second kappa shape index (κ2) is 6.68. The van der Waals surface area contributed by atoms with E-state index in [4.69, 9.17) is 9.84 Å². The molecule has 20 heavy (non-hydrogen) atoms. The lowest BCUT2D eigenvalue weighted by Gasteiger charge is -2.12. The average Bonchev–Trinajstić information content (AvgIpc) is 2.46. The minimum absolute atomic E-state index is 0.0300. The number of ether oxygens (including phenoxy) is 1. The topological polar surface area (TPSA) is 46.5 Å². The lowest BCUT2D eigenvalue weighted by atomic mass is 10.1. The fourth-order valence-electron chi connectivity index (χ4n) is 1.94. The molecule has 0 saturated carbocycles. The molecule has 0 aliphatic heterocycles. The maximum absolute atomic E-state index is 11.1. The predicted molar refractivity (Wildman–Crippen MR) is 81.0 cm³/mol. The Morgan fingerprint density at radius 3 is 2.45 bits per heavy atom. The summed E-state index contributed by atoms with van der Waals surface area (Å²) in [6, 6.07) is 11.2. The van der Waals surface area contributed by atoms with Gasteiger partial charge < -0.3 is 9.84 Å². The van der Waals surface area contributed by atoms with E-state index < -0.39 is 0 Å². The number of benzene rings is 2. The first-order chi connectivity index (χ1) is 9.63. The lowest BCUT2D eigenvalue weighted by Crippen LogP contribution is -2.00. The van der Waals surface area contributed by atoms with Crippen molar-refractivity contribution in [1.82, 2.24) is 0 Å². The number of rotatable bonds is 5. The van der Waals surface area contributed by atoms with Gasteiger partial charge in [0, 0.05) is 4.47 Å². The maximum Gasteiger partial charge on any atom is 0.153 e. The normalized spacial score (nSPS) is 10.3. The van der Waals surface area contributed by atoms with Crippen molar-refractivity contribution in [2.45, 2.75) is 20.1 Å². The molecule has 0 heterocycles. The Morgan fingerprint density at radius 1 is 1.20 bits per heavy atom. The molecule has 104 valence electrons. The molecule has 2 aromatic carbocycles. The highest BCUT2D eigenvalue weighted by molar-refractivity contribution is 9.10. The molecule has 0 amide bonds. The van der Waals surface area contributed by atoms with Gasteiger partial charge in [-0.1, -0.05) is 40.2 Å². The number of carbonyl (C=O) groups excluding carboxylic acids is 1. The molecular formula is C16H15BrO3. The Hall–Kier alpha value is -1.65. The van der Waals surface area contributed by atoms with Crippen LogP contribution in [0.2, 0.25) is 0 Å². The van der Waals surface area contributed by atoms with Crippen molar-refractivity contribution >= 4 is 22.2 Å². The molecule has 2 aromatic rings. The van der Waals surface area contributed by atoms with Gasteiger partial charge in [-0.25, -0.2) is 0 Å². The fourth-order valence-corrected chi connectivity index (χ4v) is 2.53. The number of carbonyl (C=O) groups is 1. The first kappa shape index (κ1) is 14.8. The number of hydrogen-bond donors (Lipinski definition) is 1. The van der Waals surface area contributed by atoms with Crippen LogP contribution in [0, 0.1) is 6.92 Å². The van der Waals surface area contributed by atoms with Gasteiger partial charge in [-0.15, -0.1) is 0 Å². The highest BCUT2D eigenvalue weighted by Crippen LogP contribution is 2.27. The summed E-state index contributed by atoms with van der Waals surface area (Å²) < 4.78 is 6.62. The minimum atomic E-state index is 0.0300. The van der Waals surface area contributed by atoms with Gasteiger partial charge in [0.2, 0.25) is 0 Å². The van der Waals surface area contributed by atoms with Gasteiger partial charge in [0.15, 0.2) is 6.29 Å². The molecule has 0 bridgehead atoms. The van der Waals surface area contributed by atoms with Gasteiger partial charge in [-0.3, -0.25) is 4.79 Å². The van der Waals surface area contributed by atoms with Crippen molar-refractivity contribution in [1.29, 1.82) is 0 Å². The van der Waals surface area contributed by atoms with Gasteiger partial charge in [0.25, 0.3) is 0 Å².